The average molecular weight is 303 g/mol. The van der Waals surface area contributed by atoms with E-state index in [1.807, 2.05) is 48.5 Å². The van der Waals surface area contributed by atoms with Crippen molar-refractivity contribution in [3.8, 4) is 5.75 Å². The summed E-state index contributed by atoms with van der Waals surface area (Å²) in [7, 11) is 0. The van der Waals surface area contributed by atoms with Crippen molar-refractivity contribution in [2.45, 2.75) is 6.04 Å². The van der Waals surface area contributed by atoms with Gasteiger partial charge in [-0.3, -0.25) is 0 Å². The lowest BCUT2D eigenvalue weighted by molar-refractivity contribution is 0.324. The molecule has 0 saturated heterocycles. The van der Waals surface area contributed by atoms with Crippen molar-refractivity contribution in [1.82, 2.24) is 0 Å². The number of nitrogens with one attached hydrogen (secondary N) is 1. The van der Waals surface area contributed by atoms with Gasteiger partial charge in [-0.05, 0) is 23.8 Å². The van der Waals surface area contributed by atoms with Gasteiger partial charge in [0.1, 0.15) is 23.6 Å². The number of anilines is 1. The van der Waals surface area contributed by atoms with E-state index in [9.17, 15) is 4.79 Å². The Morgan fingerprint density at radius 1 is 1.04 bits per heavy atom. The van der Waals surface area contributed by atoms with Crippen LogP contribution in [0, 0.1) is 0 Å². The summed E-state index contributed by atoms with van der Waals surface area (Å²) < 4.78 is 11.3. The van der Waals surface area contributed by atoms with E-state index in [0.29, 0.717) is 17.9 Å². The zero-order valence-corrected chi connectivity index (χ0v) is 12.2. The molecule has 3 heterocycles. The molecule has 112 valence electrons. The molecule has 0 radical (unpaired) electrons. The van der Waals surface area contributed by atoms with Gasteiger partial charge >= 0.3 is 5.63 Å². The minimum Gasteiger partial charge on any atom is -0.489 e. The number of ether oxygens (including phenoxy) is 1. The fourth-order valence-corrected chi connectivity index (χ4v) is 3.38. The summed E-state index contributed by atoms with van der Waals surface area (Å²) in [6.45, 7) is 0.517. The summed E-state index contributed by atoms with van der Waals surface area (Å²) >= 11 is 0. The normalized spacial score (nSPS) is 18.1. The van der Waals surface area contributed by atoms with Crippen molar-refractivity contribution < 1.29 is 9.15 Å². The van der Waals surface area contributed by atoms with Gasteiger partial charge in [-0.2, -0.15) is 0 Å². The quantitative estimate of drug-likeness (QED) is 0.643. The summed E-state index contributed by atoms with van der Waals surface area (Å²) in [5.74, 6) is 0.857. The monoisotopic (exact) mass is 303 g/mol. The van der Waals surface area contributed by atoms with E-state index in [4.69, 9.17) is 9.15 Å². The first kappa shape index (κ1) is 12.5. The second kappa shape index (κ2) is 4.49. The number of benzene rings is 2. The molecule has 5 rings (SSSR count). The molecule has 23 heavy (non-hydrogen) atoms. The Labute approximate surface area is 132 Å². The lowest BCUT2D eigenvalue weighted by Crippen LogP contribution is -2.28. The van der Waals surface area contributed by atoms with Crippen LogP contribution in [0.25, 0.3) is 17.0 Å². The lowest BCUT2D eigenvalue weighted by atomic mass is 9.90. The van der Waals surface area contributed by atoms with E-state index < -0.39 is 0 Å². The standard InChI is InChI=1S/C19H13NO3/c21-19-18-14(12-5-1-4-8-16(12)23-19)9-11-10-22-15-7-3-2-6-13(15)17(11)20-18/h1-9,17,20H,10H2. The molecule has 2 aliphatic rings. The zero-order valence-electron chi connectivity index (χ0n) is 12.2. The van der Waals surface area contributed by atoms with Gasteiger partial charge in [-0.1, -0.05) is 36.4 Å². The maximum atomic E-state index is 12.4. The highest BCUT2D eigenvalue weighted by Gasteiger charge is 2.31. The molecule has 0 aliphatic carbocycles. The van der Waals surface area contributed by atoms with Crippen molar-refractivity contribution in [2.75, 3.05) is 11.9 Å². The summed E-state index contributed by atoms with van der Waals surface area (Å²) in [6.07, 6.45) is 2.06. The first-order valence-electron chi connectivity index (χ1n) is 7.56. The van der Waals surface area contributed by atoms with Crippen LogP contribution in [0.15, 0.2) is 63.3 Å². The molecule has 1 aromatic heterocycles. The molecule has 2 aliphatic heterocycles. The Hall–Kier alpha value is -3.01. The molecule has 0 amide bonds. The highest BCUT2D eigenvalue weighted by molar-refractivity contribution is 5.94. The van der Waals surface area contributed by atoms with Gasteiger partial charge in [0.25, 0.3) is 0 Å². The molecule has 0 bridgehead atoms. The van der Waals surface area contributed by atoms with Gasteiger partial charge in [-0.25, -0.2) is 4.79 Å². The third-order valence-electron chi connectivity index (χ3n) is 4.47. The molecule has 1 unspecified atom stereocenters. The Kier molecular flexibility index (Phi) is 2.45. The maximum Gasteiger partial charge on any atom is 0.360 e. The molecule has 1 atom stereocenters. The molecular formula is C19H13NO3. The minimum atomic E-state index is -0.335. The van der Waals surface area contributed by atoms with Crippen LogP contribution in [-0.2, 0) is 0 Å². The first-order valence-corrected chi connectivity index (χ1v) is 7.56. The highest BCUT2D eigenvalue weighted by atomic mass is 16.5. The van der Waals surface area contributed by atoms with E-state index in [0.717, 1.165) is 27.8 Å². The van der Waals surface area contributed by atoms with Crippen LogP contribution in [0.4, 0.5) is 5.69 Å². The Morgan fingerprint density at radius 2 is 1.87 bits per heavy atom. The number of hydrogen-bond acceptors (Lipinski definition) is 4. The molecule has 0 spiro atoms. The second-order valence-corrected chi connectivity index (χ2v) is 5.80. The van der Waals surface area contributed by atoms with Gasteiger partial charge in [0.15, 0.2) is 0 Å². The Bertz CT molecular complexity index is 1030. The third kappa shape index (κ3) is 1.75. The fourth-order valence-electron chi connectivity index (χ4n) is 3.38. The predicted octanol–water partition coefficient (Wildman–Crippen LogP) is 3.74. The van der Waals surface area contributed by atoms with Crippen LogP contribution in [0.5, 0.6) is 5.75 Å². The Balaban J connectivity index is 1.77. The van der Waals surface area contributed by atoms with E-state index in [1.54, 1.807) is 0 Å². The van der Waals surface area contributed by atoms with Crippen molar-refractivity contribution in [3.05, 3.63) is 75.7 Å². The van der Waals surface area contributed by atoms with Crippen LogP contribution in [0.2, 0.25) is 0 Å². The van der Waals surface area contributed by atoms with Gasteiger partial charge in [0.2, 0.25) is 0 Å². The van der Waals surface area contributed by atoms with Crippen molar-refractivity contribution in [3.63, 3.8) is 0 Å². The van der Waals surface area contributed by atoms with Crippen LogP contribution in [-0.4, -0.2) is 6.61 Å². The Morgan fingerprint density at radius 3 is 2.83 bits per heavy atom. The molecule has 4 nitrogen and oxygen atoms in total. The van der Waals surface area contributed by atoms with Crippen LogP contribution in [0.1, 0.15) is 17.2 Å². The fraction of sp³-hybridized carbons (Fsp3) is 0.105. The van der Waals surface area contributed by atoms with Crippen molar-refractivity contribution in [2.24, 2.45) is 0 Å². The largest absolute Gasteiger partial charge is 0.489 e. The van der Waals surface area contributed by atoms with Crippen LogP contribution < -0.4 is 15.7 Å². The molecule has 2 aromatic carbocycles. The van der Waals surface area contributed by atoms with Gasteiger partial charge in [-0.15, -0.1) is 0 Å². The van der Waals surface area contributed by atoms with E-state index in [-0.39, 0.29) is 11.7 Å². The zero-order chi connectivity index (χ0) is 15.4. The number of rotatable bonds is 0. The summed E-state index contributed by atoms with van der Waals surface area (Å²) in [5.41, 5.74) is 3.83. The second-order valence-electron chi connectivity index (χ2n) is 5.80. The van der Waals surface area contributed by atoms with E-state index >= 15 is 0 Å². The highest BCUT2D eigenvalue weighted by Crippen LogP contribution is 2.42. The smallest absolute Gasteiger partial charge is 0.360 e. The van der Waals surface area contributed by atoms with E-state index in [1.165, 1.54) is 0 Å². The van der Waals surface area contributed by atoms with Gasteiger partial charge in [0, 0.05) is 16.5 Å². The molecule has 4 heteroatoms. The minimum absolute atomic E-state index is 0.0449. The van der Waals surface area contributed by atoms with Gasteiger partial charge < -0.3 is 14.5 Å². The maximum absolute atomic E-state index is 12.4. The first-order chi connectivity index (χ1) is 11.3. The summed E-state index contributed by atoms with van der Waals surface area (Å²) in [4.78, 5) is 12.4. The molecule has 1 N–H and O–H groups in total. The predicted molar refractivity (Wildman–Crippen MR) is 88.8 cm³/mol. The number of fused-ring (bicyclic) bond motifs is 6. The number of para-hydroxylation sites is 2. The van der Waals surface area contributed by atoms with Crippen molar-refractivity contribution >= 4 is 22.7 Å². The van der Waals surface area contributed by atoms with Crippen molar-refractivity contribution in [1.29, 1.82) is 0 Å². The SMILES string of the molecule is O=c1oc2ccccc2c2c1NC1C(=C2)COc2ccccc21. The molecule has 0 saturated carbocycles. The molecule has 0 fully saturated rings. The molecular weight excluding hydrogens is 290 g/mol. The summed E-state index contributed by atoms with van der Waals surface area (Å²) in [5, 5.41) is 4.29. The average Bonchev–Trinajstić information content (AvgIpc) is 2.60. The number of hydrogen-bond donors (Lipinski definition) is 1. The van der Waals surface area contributed by atoms with Crippen LogP contribution in [0.3, 0.4) is 0 Å². The third-order valence-corrected chi connectivity index (χ3v) is 4.47. The molecule has 3 aromatic rings. The van der Waals surface area contributed by atoms with Crippen LogP contribution >= 0.6 is 0 Å². The lowest BCUT2D eigenvalue weighted by Gasteiger charge is -2.33. The summed E-state index contributed by atoms with van der Waals surface area (Å²) in [6, 6.07) is 15.4. The van der Waals surface area contributed by atoms with E-state index in [2.05, 4.69) is 11.4 Å². The topological polar surface area (TPSA) is 51.5 Å². The van der Waals surface area contributed by atoms with Gasteiger partial charge in [0.05, 0.1) is 6.04 Å².